The first kappa shape index (κ1) is 14.6. The SMILES string of the molecule is CCc1nsc(N2CCN(C[C@H](O)COC)CC2)n1. The Morgan fingerprint density at radius 2 is 2.11 bits per heavy atom. The molecule has 0 aliphatic carbocycles. The third kappa shape index (κ3) is 4.10. The number of aromatic nitrogens is 2. The quantitative estimate of drug-likeness (QED) is 0.808. The van der Waals surface area contributed by atoms with Crippen LogP contribution in [0, 0.1) is 0 Å². The summed E-state index contributed by atoms with van der Waals surface area (Å²) in [6, 6.07) is 0. The lowest BCUT2D eigenvalue weighted by atomic mass is 10.3. The van der Waals surface area contributed by atoms with E-state index in [1.54, 1.807) is 7.11 Å². The monoisotopic (exact) mass is 286 g/mol. The van der Waals surface area contributed by atoms with E-state index in [0.29, 0.717) is 13.2 Å². The van der Waals surface area contributed by atoms with Crippen LogP contribution < -0.4 is 4.90 Å². The average Bonchev–Trinajstić information content (AvgIpc) is 2.88. The molecule has 108 valence electrons. The summed E-state index contributed by atoms with van der Waals surface area (Å²) in [4.78, 5) is 9.05. The van der Waals surface area contributed by atoms with Gasteiger partial charge in [-0.05, 0) is 0 Å². The Labute approximate surface area is 118 Å². The van der Waals surface area contributed by atoms with Crippen molar-refractivity contribution < 1.29 is 9.84 Å². The van der Waals surface area contributed by atoms with Crippen LogP contribution in [0.2, 0.25) is 0 Å². The van der Waals surface area contributed by atoms with Crippen molar-refractivity contribution in [1.82, 2.24) is 14.3 Å². The highest BCUT2D eigenvalue weighted by Gasteiger charge is 2.21. The second-order valence-corrected chi connectivity index (χ2v) is 5.47. The van der Waals surface area contributed by atoms with Crippen molar-refractivity contribution in [3.05, 3.63) is 5.82 Å². The summed E-state index contributed by atoms with van der Waals surface area (Å²) >= 11 is 1.48. The van der Waals surface area contributed by atoms with Gasteiger partial charge in [0, 0.05) is 57.8 Å². The van der Waals surface area contributed by atoms with E-state index in [-0.39, 0.29) is 0 Å². The molecule has 6 nitrogen and oxygen atoms in total. The van der Waals surface area contributed by atoms with E-state index in [2.05, 4.69) is 26.1 Å². The summed E-state index contributed by atoms with van der Waals surface area (Å²) in [6.45, 7) is 6.93. The van der Waals surface area contributed by atoms with Gasteiger partial charge >= 0.3 is 0 Å². The smallest absolute Gasteiger partial charge is 0.205 e. The predicted octanol–water partition coefficient (Wildman–Crippen LogP) is 0.230. The molecule has 1 fully saturated rings. The van der Waals surface area contributed by atoms with Crippen molar-refractivity contribution in [1.29, 1.82) is 0 Å². The molecule has 0 amide bonds. The molecule has 2 heterocycles. The maximum Gasteiger partial charge on any atom is 0.205 e. The van der Waals surface area contributed by atoms with E-state index >= 15 is 0 Å². The van der Waals surface area contributed by atoms with Gasteiger partial charge < -0.3 is 14.7 Å². The number of aliphatic hydroxyl groups is 1. The van der Waals surface area contributed by atoms with Crippen LogP contribution in [0.4, 0.5) is 5.13 Å². The molecule has 1 aromatic rings. The molecule has 1 atom stereocenters. The molecule has 19 heavy (non-hydrogen) atoms. The first-order valence-electron chi connectivity index (χ1n) is 6.69. The maximum absolute atomic E-state index is 9.72. The van der Waals surface area contributed by atoms with Gasteiger partial charge in [-0.1, -0.05) is 6.92 Å². The Bertz CT molecular complexity index is 380. The summed E-state index contributed by atoms with van der Waals surface area (Å²) in [7, 11) is 1.61. The minimum absolute atomic E-state index is 0.398. The number of hydrogen-bond acceptors (Lipinski definition) is 7. The number of nitrogens with zero attached hydrogens (tertiary/aromatic N) is 4. The second kappa shape index (κ2) is 7.14. The molecule has 0 aromatic carbocycles. The normalized spacial score (nSPS) is 18.8. The van der Waals surface area contributed by atoms with Crippen molar-refractivity contribution in [3.63, 3.8) is 0 Å². The molecule has 0 bridgehead atoms. The number of ether oxygens (including phenoxy) is 1. The summed E-state index contributed by atoms with van der Waals surface area (Å²) in [6.07, 6.45) is 0.490. The van der Waals surface area contributed by atoms with Crippen LogP contribution in [0.15, 0.2) is 0 Å². The molecular weight excluding hydrogens is 264 g/mol. The fourth-order valence-corrected chi connectivity index (χ4v) is 2.98. The van der Waals surface area contributed by atoms with Gasteiger partial charge in [0.2, 0.25) is 5.13 Å². The van der Waals surface area contributed by atoms with Gasteiger partial charge in [0.15, 0.2) is 0 Å². The van der Waals surface area contributed by atoms with Gasteiger partial charge in [-0.15, -0.1) is 0 Å². The summed E-state index contributed by atoms with van der Waals surface area (Å²) < 4.78 is 9.27. The number of aliphatic hydroxyl groups excluding tert-OH is 1. The molecule has 0 radical (unpaired) electrons. The van der Waals surface area contributed by atoms with Crippen LogP contribution >= 0.6 is 11.5 Å². The number of anilines is 1. The van der Waals surface area contributed by atoms with Crippen LogP contribution in [0.3, 0.4) is 0 Å². The van der Waals surface area contributed by atoms with Gasteiger partial charge in [0.25, 0.3) is 0 Å². The second-order valence-electron chi connectivity index (χ2n) is 4.74. The first-order valence-corrected chi connectivity index (χ1v) is 7.47. The Balaban J connectivity index is 1.78. The molecule has 7 heteroatoms. The molecule has 1 aliphatic heterocycles. The van der Waals surface area contributed by atoms with Crippen molar-refractivity contribution in [2.24, 2.45) is 0 Å². The Hall–Kier alpha value is -0.760. The number of methoxy groups -OCH3 is 1. The lowest BCUT2D eigenvalue weighted by Crippen LogP contribution is -2.49. The van der Waals surface area contributed by atoms with E-state index < -0.39 is 6.10 Å². The highest BCUT2D eigenvalue weighted by Crippen LogP contribution is 2.19. The van der Waals surface area contributed by atoms with Gasteiger partial charge in [-0.3, -0.25) is 4.90 Å². The molecule has 1 saturated heterocycles. The molecule has 2 rings (SSSR count). The van der Waals surface area contributed by atoms with Gasteiger partial charge in [-0.25, -0.2) is 4.98 Å². The third-order valence-electron chi connectivity index (χ3n) is 3.24. The fourth-order valence-electron chi connectivity index (χ4n) is 2.18. The predicted molar refractivity (Wildman–Crippen MR) is 75.8 cm³/mol. The van der Waals surface area contributed by atoms with Gasteiger partial charge in [-0.2, -0.15) is 4.37 Å². The third-order valence-corrected chi connectivity index (χ3v) is 4.06. The highest BCUT2D eigenvalue weighted by atomic mass is 32.1. The van der Waals surface area contributed by atoms with Crippen LogP contribution in [0.5, 0.6) is 0 Å². The zero-order valence-corrected chi connectivity index (χ0v) is 12.4. The van der Waals surface area contributed by atoms with E-state index in [1.165, 1.54) is 11.5 Å². The Kier molecular flexibility index (Phi) is 5.50. The average molecular weight is 286 g/mol. The number of β-amino-alcohol motifs (C(OH)–C–C–N with tert-alkyl or cyclic N) is 1. The number of piperazine rings is 1. The fraction of sp³-hybridized carbons (Fsp3) is 0.833. The highest BCUT2D eigenvalue weighted by molar-refractivity contribution is 7.09. The molecule has 0 saturated carbocycles. The topological polar surface area (TPSA) is 61.7 Å². The molecular formula is C12H22N4O2S. The largest absolute Gasteiger partial charge is 0.389 e. The molecule has 1 N–H and O–H groups in total. The molecule has 1 aromatic heterocycles. The van der Waals surface area contributed by atoms with Crippen LogP contribution in [0.1, 0.15) is 12.7 Å². The zero-order valence-electron chi connectivity index (χ0n) is 11.6. The van der Waals surface area contributed by atoms with E-state index in [1.807, 2.05) is 0 Å². The first-order chi connectivity index (χ1) is 9.22. The van der Waals surface area contributed by atoms with E-state index in [9.17, 15) is 5.11 Å². The van der Waals surface area contributed by atoms with Gasteiger partial charge in [0.1, 0.15) is 5.82 Å². The number of aryl methyl sites for hydroxylation is 1. The van der Waals surface area contributed by atoms with Crippen molar-refractivity contribution in [2.45, 2.75) is 19.4 Å². The summed E-state index contributed by atoms with van der Waals surface area (Å²) in [5.74, 6) is 0.929. The van der Waals surface area contributed by atoms with E-state index in [0.717, 1.165) is 43.6 Å². The number of rotatable bonds is 6. The minimum Gasteiger partial charge on any atom is -0.389 e. The molecule has 0 unspecified atom stereocenters. The minimum atomic E-state index is -0.398. The van der Waals surface area contributed by atoms with Crippen molar-refractivity contribution in [3.8, 4) is 0 Å². The standard InChI is InChI=1S/C12H22N4O2S/c1-3-11-13-12(19-14-11)16-6-4-15(5-7-16)8-10(17)9-18-2/h10,17H,3-9H2,1-2H3/t10-/m0/s1. The lowest BCUT2D eigenvalue weighted by molar-refractivity contribution is 0.0365. The maximum atomic E-state index is 9.72. The van der Waals surface area contributed by atoms with Gasteiger partial charge in [0.05, 0.1) is 12.7 Å². The van der Waals surface area contributed by atoms with Crippen LogP contribution in [-0.4, -0.2) is 71.9 Å². The van der Waals surface area contributed by atoms with E-state index in [4.69, 9.17) is 4.74 Å². The number of hydrogen-bond donors (Lipinski definition) is 1. The Morgan fingerprint density at radius 3 is 2.68 bits per heavy atom. The van der Waals surface area contributed by atoms with Crippen molar-refractivity contribution in [2.75, 3.05) is 51.3 Å². The summed E-state index contributed by atoms with van der Waals surface area (Å²) in [5.41, 5.74) is 0. The molecule has 1 aliphatic rings. The van der Waals surface area contributed by atoms with Crippen LogP contribution in [-0.2, 0) is 11.2 Å². The van der Waals surface area contributed by atoms with Crippen LogP contribution in [0.25, 0.3) is 0 Å². The molecule has 0 spiro atoms. The van der Waals surface area contributed by atoms with Crippen molar-refractivity contribution >= 4 is 16.7 Å². The Morgan fingerprint density at radius 1 is 1.37 bits per heavy atom. The zero-order chi connectivity index (χ0) is 13.7. The lowest BCUT2D eigenvalue weighted by Gasteiger charge is -2.35. The summed E-state index contributed by atoms with van der Waals surface area (Å²) in [5, 5.41) is 10.7.